The molecule has 0 bridgehead atoms. The second-order valence-corrected chi connectivity index (χ2v) is 4.26. The van der Waals surface area contributed by atoms with Crippen LogP contribution in [0.15, 0.2) is 42.5 Å². The first kappa shape index (κ1) is 12.0. The van der Waals surface area contributed by atoms with Gasteiger partial charge in [-0.15, -0.1) is 0 Å². The number of hydrogen-bond acceptors (Lipinski definition) is 5. The molecule has 0 aliphatic rings. The molecule has 0 amide bonds. The number of nitrogens with zero attached hydrogens (tertiary/aromatic N) is 3. The Morgan fingerprint density at radius 2 is 1.20 bits per heavy atom. The third-order valence-corrected chi connectivity index (χ3v) is 3.00. The van der Waals surface area contributed by atoms with Gasteiger partial charge >= 0.3 is 0 Å². The van der Waals surface area contributed by atoms with Crippen molar-refractivity contribution in [2.45, 2.75) is 0 Å². The van der Waals surface area contributed by atoms with Crippen LogP contribution in [0.25, 0.3) is 21.8 Å². The maximum absolute atomic E-state index is 10.7. The van der Waals surface area contributed by atoms with E-state index < -0.39 is 9.85 Å². The van der Waals surface area contributed by atoms with Gasteiger partial charge in [0.1, 0.15) is 0 Å². The van der Waals surface area contributed by atoms with Crippen LogP contribution in [0.3, 0.4) is 0 Å². The van der Waals surface area contributed by atoms with E-state index in [9.17, 15) is 20.2 Å². The van der Waals surface area contributed by atoms with E-state index in [1.165, 1.54) is 24.3 Å². The lowest BCUT2D eigenvalue weighted by Crippen LogP contribution is -1.90. The summed E-state index contributed by atoms with van der Waals surface area (Å²) < 4.78 is 0. The Morgan fingerprint density at radius 1 is 0.750 bits per heavy atom. The maximum atomic E-state index is 10.7. The van der Waals surface area contributed by atoms with E-state index in [-0.39, 0.29) is 11.4 Å². The Labute approximate surface area is 111 Å². The van der Waals surface area contributed by atoms with Crippen LogP contribution in [0.5, 0.6) is 0 Å². The Bertz CT molecular complexity index is 807. The molecule has 0 aliphatic carbocycles. The maximum Gasteiger partial charge on any atom is 0.270 e. The molecule has 3 aromatic rings. The number of rotatable bonds is 2. The highest BCUT2D eigenvalue weighted by molar-refractivity contribution is 5.94. The molecular weight excluding hydrogens is 262 g/mol. The molecule has 0 N–H and O–H groups in total. The summed E-state index contributed by atoms with van der Waals surface area (Å²) in [6.07, 6.45) is 0. The molecule has 0 atom stereocenters. The Kier molecular flexibility index (Phi) is 2.53. The minimum Gasteiger partial charge on any atom is -0.258 e. The van der Waals surface area contributed by atoms with E-state index in [0.29, 0.717) is 21.8 Å². The first-order chi connectivity index (χ1) is 9.54. The monoisotopic (exact) mass is 269 g/mol. The van der Waals surface area contributed by atoms with Crippen molar-refractivity contribution in [1.82, 2.24) is 4.98 Å². The minimum atomic E-state index is -0.489. The fourth-order valence-electron chi connectivity index (χ4n) is 2.04. The summed E-state index contributed by atoms with van der Waals surface area (Å²) >= 11 is 0. The molecule has 0 spiro atoms. The number of nitro benzene ring substituents is 2. The summed E-state index contributed by atoms with van der Waals surface area (Å²) in [5.41, 5.74) is 1.14. The van der Waals surface area contributed by atoms with Gasteiger partial charge in [-0.05, 0) is 18.2 Å². The lowest BCUT2D eigenvalue weighted by molar-refractivity contribution is -0.384. The second kappa shape index (κ2) is 4.23. The second-order valence-electron chi connectivity index (χ2n) is 4.26. The topological polar surface area (TPSA) is 99.2 Å². The van der Waals surface area contributed by atoms with Crippen LogP contribution in [-0.2, 0) is 0 Å². The molecule has 0 saturated carbocycles. The van der Waals surface area contributed by atoms with Crippen molar-refractivity contribution in [3.8, 4) is 0 Å². The van der Waals surface area contributed by atoms with Gasteiger partial charge in [0.25, 0.3) is 11.4 Å². The highest BCUT2D eigenvalue weighted by Gasteiger charge is 2.10. The number of benzene rings is 2. The minimum absolute atomic E-state index is 0.0379. The molecule has 0 saturated heterocycles. The third kappa shape index (κ3) is 1.91. The fraction of sp³-hybridized carbons (Fsp3) is 0. The molecule has 0 unspecified atom stereocenters. The van der Waals surface area contributed by atoms with E-state index in [2.05, 4.69) is 4.98 Å². The Balaban J connectivity index is 2.29. The molecule has 0 radical (unpaired) electrons. The molecule has 1 aromatic heterocycles. The first-order valence-corrected chi connectivity index (χ1v) is 5.68. The van der Waals surface area contributed by atoms with E-state index in [0.717, 1.165) is 0 Å². The molecule has 98 valence electrons. The van der Waals surface area contributed by atoms with Gasteiger partial charge in [0, 0.05) is 35.0 Å². The molecule has 7 heteroatoms. The summed E-state index contributed by atoms with van der Waals surface area (Å²) in [6, 6.07) is 10.4. The Hall–Kier alpha value is -3.09. The standard InChI is InChI=1S/C13H7N3O4/c17-15(18)10-1-3-12-8(6-10)5-9-7-11(16(19)20)2-4-13(9)14-12/h1-7H. The van der Waals surface area contributed by atoms with Gasteiger partial charge in [0.05, 0.1) is 20.9 Å². The number of fused-ring (bicyclic) bond motifs is 2. The lowest BCUT2D eigenvalue weighted by atomic mass is 10.1. The van der Waals surface area contributed by atoms with Crippen molar-refractivity contribution < 1.29 is 9.85 Å². The van der Waals surface area contributed by atoms with Crippen LogP contribution in [-0.4, -0.2) is 14.8 Å². The molecule has 1 heterocycles. The number of nitro groups is 2. The summed E-state index contributed by atoms with van der Waals surface area (Å²) in [6.45, 7) is 0. The van der Waals surface area contributed by atoms with Crippen LogP contribution in [0.2, 0.25) is 0 Å². The number of non-ortho nitro benzene ring substituents is 2. The molecular formula is C13H7N3O4. The molecule has 3 rings (SSSR count). The van der Waals surface area contributed by atoms with Gasteiger partial charge in [-0.2, -0.15) is 0 Å². The van der Waals surface area contributed by atoms with Gasteiger partial charge in [-0.1, -0.05) is 0 Å². The lowest BCUT2D eigenvalue weighted by Gasteiger charge is -2.01. The quantitative estimate of drug-likeness (QED) is 0.404. The van der Waals surface area contributed by atoms with E-state index in [1.54, 1.807) is 18.2 Å². The van der Waals surface area contributed by atoms with Crippen molar-refractivity contribution in [3.63, 3.8) is 0 Å². The molecule has 7 nitrogen and oxygen atoms in total. The predicted octanol–water partition coefficient (Wildman–Crippen LogP) is 3.20. The van der Waals surface area contributed by atoms with Crippen molar-refractivity contribution >= 4 is 33.2 Å². The molecule has 0 aliphatic heterocycles. The summed E-state index contributed by atoms with van der Waals surface area (Å²) in [5.74, 6) is 0. The zero-order valence-electron chi connectivity index (χ0n) is 10.0. The van der Waals surface area contributed by atoms with Gasteiger partial charge in [0.15, 0.2) is 0 Å². The molecule has 2 aromatic carbocycles. The SMILES string of the molecule is O=[N+]([O-])c1ccc2nc3ccc([N+](=O)[O-])cc3cc2c1. The number of pyridine rings is 1. The zero-order valence-corrected chi connectivity index (χ0v) is 10.0. The van der Waals surface area contributed by atoms with Gasteiger partial charge in [0.2, 0.25) is 0 Å². The highest BCUT2D eigenvalue weighted by atomic mass is 16.6. The Morgan fingerprint density at radius 3 is 1.60 bits per heavy atom. The van der Waals surface area contributed by atoms with E-state index in [1.807, 2.05) is 0 Å². The highest BCUT2D eigenvalue weighted by Crippen LogP contribution is 2.26. The normalized spacial score (nSPS) is 10.8. The number of hydrogen-bond donors (Lipinski definition) is 0. The third-order valence-electron chi connectivity index (χ3n) is 3.00. The predicted molar refractivity (Wildman–Crippen MR) is 72.6 cm³/mol. The smallest absolute Gasteiger partial charge is 0.258 e. The van der Waals surface area contributed by atoms with Crippen molar-refractivity contribution in [3.05, 3.63) is 62.7 Å². The van der Waals surface area contributed by atoms with Crippen LogP contribution >= 0.6 is 0 Å². The van der Waals surface area contributed by atoms with Gasteiger partial charge in [-0.25, -0.2) is 4.98 Å². The summed E-state index contributed by atoms with van der Waals surface area (Å²) in [7, 11) is 0. The average molecular weight is 269 g/mol. The molecule has 20 heavy (non-hydrogen) atoms. The van der Waals surface area contributed by atoms with E-state index >= 15 is 0 Å². The van der Waals surface area contributed by atoms with Crippen molar-refractivity contribution in [1.29, 1.82) is 0 Å². The van der Waals surface area contributed by atoms with Gasteiger partial charge < -0.3 is 0 Å². The van der Waals surface area contributed by atoms with Crippen molar-refractivity contribution in [2.24, 2.45) is 0 Å². The first-order valence-electron chi connectivity index (χ1n) is 5.68. The van der Waals surface area contributed by atoms with Crippen LogP contribution in [0, 0.1) is 20.2 Å². The summed E-state index contributed by atoms with van der Waals surface area (Å²) in [5, 5.41) is 22.6. The van der Waals surface area contributed by atoms with E-state index in [4.69, 9.17) is 0 Å². The number of aromatic nitrogens is 1. The average Bonchev–Trinajstić information content (AvgIpc) is 2.43. The zero-order chi connectivity index (χ0) is 14.3. The van der Waals surface area contributed by atoms with Crippen LogP contribution < -0.4 is 0 Å². The van der Waals surface area contributed by atoms with Crippen molar-refractivity contribution in [2.75, 3.05) is 0 Å². The largest absolute Gasteiger partial charge is 0.270 e. The van der Waals surface area contributed by atoms with Gasteiger partial charge in [-0.3, -0.25) is 20.2 Å². The molecule has 0 fully saturated rings. The fourth-order valence-corrected chi connectivity index (χ4v) is 2.04. The van der Waals surface area contributed by atoms with Crippen LogP contribution in [0.4, 0.5) is 11.4 Å². The summed E-state index contributed by atoms with van der Waals surface area (Å²) in [4.78, 5) is 24.9. The van der Waals surface area contributed by atoms with Crippen LogP contribution in [0.1, 0.15) is 0 Å².